The first kappa shape index (κ1) is 14.1. The lowest BCUT2D eigenvalue weighted by molar-refractivity contribution is 0.342. The average molecular weight is 272 g/mol. The van der Waals surface area contributed by atoms with Crippen LogP contribution < -0.4 is 20.5 Å². The molecule has 4 nitrogen and oxygen atoms in total. The second kappa shape index (κ2) is 6.19. The molecule has 106 valence electrons. The third-order valence-electron chi connectivity index (χ3n) is 3.00. The summed E-state index contributed by atoms with van der Waals surface area (Å²) in [4.78, 5) is 0. The van der Waals surface area contributed by atoms with Crippen LogP contribution in [0.15, 0.2) is 36.4 Å². The Labute approximate surface area is 119 Å². The van der Waals surface area contributed by atoms with Crippen LogP contribution in [0, 0.1) is 6.92 Å². The van der Waals surface area contributed by atoms with Gasteiger partial charge in [0.2, 0.25) is 0 Å². The largest absolute Gasteiger partial charge is 0.496 e. The second-order valence-corrected chi connectivity index (χ2v) is 4.50. The lowest BCUT2D eigenvalue weighted by Gasteiger charge is -2.12. The number of hydrogen-bond donors (Lipinski definition) is 2. The van der Waals surface area contributed by atoms with Crippen LogP contribution in [0.1, 0.15) is 12.5 Å². The Hall–Kier alpha value is -2.36. The zero-order valence-corrected chi connectivity index (χ0v) is 12.1. The Morgan fingerprint density at radius 1 is 1.05 bits per heavy atom. The van der Waals surface area contributed by atoms with E-state index in [4.69, 9.17) is 15.2 Å². The van der Waals surface area contributed by atoms with Crippen molar-refractivity contribution in [3.8, 4) is 11.5 Å². The predicted octanol–water partition coefficient (Wildman–Crippen LogP) is 3.73. The van der Waals surface area contributed by atoms with Gasteiger partial charge in [-0.05, 0) is 49.7 Å². The molecule has 0 aliphatic heterocycles. The first-order valence-electron chi connectivity index (χ1n) is 6.58. The van der Waals surface area contributed by atoms with Crippen molar-refractivity contribution in [2.75, 3.05) is 24.8 Å². The summed E-state index contributed by atoms with van der Waals surface area (Å²) in [5.74, 6) is 1.57. The van der Waals surface area contributed by atoms with Gasteiger partial charge >= 0.3 is 0 Å². The maximum Gasteiger partial charge on any atom is 0.144 e. The average Bonchev–Trinajstić information content (AvgIpc) is 2.43. The van der Waals surface area contributed by atoms with Crippen molar-refractivity contribution in [3.05, 3.63) is 42.0 Å². The summed E-state index contributed by atoms with van der Waals surface area (Å²) >= 11 is 0. The van der Waals surface area contributed by atoms with Crippen LogP contribution >= 0.6 is 0 Å². The number of anilines is 3. The highest BCUT2D eigenvalue weighted by molar-refractivity contribution is 5.67. The molecule has 4 heteroatoms. The van der Waals surface area contributed by atoms with Crippen LogP contribution in [-0.2, 0) is 0 Å². The normalized spacial score (nSPS) is 10.2. The smallest absolute Gasteiger partial charge is 0.144 e. The van der Waals surface area contributed by atoms with Crippen molar-refractivity contribution in [1.82, 2.24) is 0 Å². The molecule has 0 aliphatic carbocycles. The first-order chi connectivity index (χ1) is 9.63. The number of rotatable bonds is 5. The van der Waals surface area contributed by atoms with Crippen molar-refractivity contribution in [1.29, 1.82) is 0 Å². The van der Waals surface area contributed by atoms with Crippen LogP contribution in [0.5, 0.6) is 11.5 Å². The van der Waals surface area contributed by atoms with E-state index < -0.39 is 0 Å². The molecule has 0 aliphatic rings. The molecule has 0 fully saturated rings. The van der Waals surface area contributed by atoms with Gasteiger partial charge in [0.1, 0.15) is 11.5 Å². The first-order valence-corrected chi connectivity index (χ1v) is 6.58. The fourth-order valence-corrected chi connectivity index (χ4v) is 2.02. The van der Waals surface area contributed by atoms with Crippen molar-refractivity contribution in [2.24, 2.45) is 0 Å². The van der Waals surface area contributed by atoms with E-state index in [0.29, 0.717) is 18.0 Å². The van der Waals surface area contributed by atoms with E-state index >= 15 is 0 Å². The van der Waals surface area contributed by atoms with Crippen LogP contribution in [-0.4, -0.2) is 13.7 Å². The highest BCUT2D eigenvalue weighted by Crippen LogP contribution is 2.29. The Bertz CT molecular complexity index is 597. The fourth-order valence-electron chi connectivity index (χ4n) is 2.02. The van der Waals surface area contributed by atoms with Crippen molar-refractivity contribution in [2.45, 2.75) is 13.8 Å². The Morgan fingerprint density at radius 2 is 1.75 bits per heavy atom. The molecule has 2 rings (SSSR count). The predicted molar refractivity (Wildman–Crippen MR) is 83.0 cm³/mol. The summed E-state index contributed by atoms with van der Waals surface area (Å²) in [7, 11) is 1.67. The maximum absolute atomic E-state index is 5.86. The molecule has 0 spiro atoms. The molecule has 0 atom stereocenters. The number of methoxy groups -OCH3 is 1. The van der Waals surface area contributed by atoms with Crippen molar-refractivity contribution >= 4 is 17.1 Å². The highest BCUT2D eigenvalue weighted by atomic mass is 16.5. The number of nitrogens with one attached hydrogen (secondary N) is 1. The summed E-state index contributed by atoms with van der Waals surface area (Å²) in [5, 5.41) is 3.33. The minimum absolute atomic E-state index is 0.593. The summed E-state index contributed by atoms with van der Waals surface area (Å²) in [6, 6.07) is 11.6. The summed E-state index contributed by atoms with van der Waals surface area (Å²) in [6.07, 6.45) is 0. The Balaban J connectivity index is 2.21. The molecule has 0 aromatic heterocycles. The summed E-state index contributed by atoms with van der Waals surface area (Å²) in [6.45, 7) is 4.54. The highest BCUT2D eigenvalue weighted by Gasteiger charge is 2.04. The number of hydrogen-bond acceptors (Lipinski definition) is 4. The Kier molecular flexibility index (Phi) is 4.35. The summed E-state index contributed by atoms with van der Waals surface area (Å²) < 4.78 is 10.7. The number of nitrogen functional groups attached to an aromatic ring is 1. The molecular formula is C16H20N2O2. The summed E-state index contributed by atoms with van der Waals surface area (Å²) in [5.41, 5.74) is 9.52. The van der Waals surface area contributed by atoms with Gasteiger partial charge in [0.25, 0.3) is 0 Å². The Morgan fingerprint density at radius 3 is 2.40 bits per heavy atom. The van der Waals surface area contributed by atoms with Gasteiger partial charge in [-0.25, -0.2) is 0 Å². The lowest BCUT2D eigenvalue weighted by Crippen LogP contribution is -1.98. The topological polar surface area (TPSA) is 56.5 Å². The number of aryl methyl sites for hydroxylation is 1. The van der Waals surface area contributed by atoms with Gasteiger partial charge in [-0.3, -0.25) is 0 Å². The van der Waals surface area contributed by atoms with Gasteiger partial charge in [-0.1, -0.05) is 0 Å². The van der Waals surface area contributed by atoms with Crippen LogP contribution in [0.2, 0.25) is 0 Å². The zero-order chi connectivity index (χ0) is 14.5. The molecule has 0 saturated heterocycles. The minimum atomic E-state index is 0.593. The van der Waals surface area contributed by atoms with E-state index in [2.05, 4.69) is 5.32 Å². The van der Waals surface area contributed by atoms with Gasteiger partial charge in [-0.15, -0.1) is 0 Å². The number of ether oxygens (including phenoxy) is 2. The quantitative estimate of drug-likeness (QED) is 0.814. The van der Waals surface area contributed by atoms with Crippen LogP contribution in [0.3, 0.4) is 0 Å². The molecule has 0 radical (unpaired) electrons. The molecule has 0 saturated carbocycles. The number of nitrogens with two attached hydrogens (primary N) is 1. The molecule has 2 aromatic rings. The van der Waals surface area contributed by atoms with E-state index in [-0.39, 0.29) is 0 Å². The van der Waals surface area contributed by atoms with Gasteiger partial charge in [-0.2, -0.15) is 0 Å². The lowest BCUT2D eigenvalue weighted by atomic mass is 10.2. The molecule has 0 heterocycles. The second-order valence-electron chi connectivity index (χ2n) is 4.50. The third-order valence-corrected chi connectivity index (χ3v) is 3.00. The zero-order valence-electron chi connectivity index (χ0n) is 12.1. The minimum Gasteiger partial charge on any atom is -0.496 e. The van der Waals surface area contributed by atoms with Gasteiger partial charge < -0.3 is 20.5 Å². The van der Waals surface area contributed by atoms with E-state index in [1.165, 1.54) is 0 Å². The van der Waals surface area contributed by atoms with Crippen molar-refractivity contribution < 1.29 is 9.47 Å². The van der Waals surface area contributed by atoms with Gasteiger partial charge in [0.15, 0.2) is 0 Å². The molecule has 0 unspecified atom stereocenters. The molecule has 2 aromatic carbocycles. The van der Waals surface area contributed by atoms with Crippen LogP contribution in [0.25, 0.3) is 0 Å². The molecule has 0 bridgehead atoms. The molecular weight excluding hydrogens is 252 g/mol. The maximum atomic E-state index is 5.86. The molecule has 3 N–H and O–H groups in total. The SMILES string of the molecule is CCOc1cc(Nc2ccc(OC)c(C)c2)ccc1N. The van der Waals surface area contributed by atoms with Gasteiger partial charge in [0.05, 0.1) is 19.4 Å². The molecule has 0 amide bonds. The monoisotopic (exact) mass is 272 g/mol. The standard InChI is InChI=1S/C16H20N2O2/c1-4-20-16-10-13(5-7-14(16)17)18-12-6-8-15(19-3)11(2)9-12/h5-10,18H,4,17H2,1-3H3. The van der Waals surface area contributed by atoms with E-state index in [9.17, 15) is 0 Å². The van der Waals surface area contributed by atoms with Crippen LogP contribution in [0.4, 0.5) is 17.1 Å². The van der Waals surface area contributed by atoms with Crippen molar-refractivity contribution in [3.63, 3.8) is 0 Å². The van der Waals surface area contributed by atoms with Gasteiger partial charge in [0, 0.05) is 17.4 Å². The van der Waals surface area contributed by atoms with E-state index in [1.54, 1.807) is 7.11 Å². The molecule has 20 heavy (non-hydrogen) atoms. The van der Waals surface area contributed by atoms with E-state index in [0.717, 1.165) is 22.7 Å². The third kappa shape index (κ3) is 3.15. The number of benzene rings is 2. The fraction of sp³-hybridized carbons (Fsp3) is 0.250. The van der Waals surface area contributed by atoms with E-state index in [1.807, 2.05) is 50.2 Å².